The molecular weight excluding hydrogens is 709 g/mol. The van der Waals surface area contributed by atoms with E-state index in [1.54, 1.807) is 0 Å². The summed E-state index contributed by atoms with van der Waals surface area (Å²) < 4.78 is 26.3. The summed E-state index contributed by atoms with van der Waals surface area (Å²) >= 11 is 35.6. The number of rotatable bonds is 12. The monoisotopic (exact) mass is 736 g/mol. The summed E-state index contributed by atoms with van der Waals surface area (Å²) in [5.41, 5.74) is 2.65. The van der Waals surface area contributed by atoms with Crippen LogP contribution in [0.4, 0.5) is 0 Å². The summed E-state index contributed by atoms with van der Waals surface area (Å²) in [4.78, 5) is 13.0. The van der Waals surface area contributed by atoms with Crippen LogP contribution >= 0.6 is 69.6 Å². The van der Waals surface area contributed by atoms with E-state index in [4.69, 9.17) is 98.7 Å². The SMILES string of the molecule is N=C(OC1O[C@H](COCc2ccccc2)[C@H](OCc2ccccc2)[C@H](OCc2ccccc2)[C@H]1NC(=O)C(Cl)(Cl)Cl)C(Cl)(Cl)Cl. The van der Waals surface area contributed by atoms with Crippen molar-refractivity contribution in [3.05, 3.63) is 108 Å². The molecule has 0 aromatic heterocycles. The van der Waals surface area contributed by atoms with E-state index < -0.39 is 50.0 Å². The first-order valence-corrected chi connectivity index (χ1v) is 16.0. The summed E-state index contributed by atoms with van der Waals surface area (Å²) in [6, 6.07) is 27.2. The Bertz CT molecular complexity index is 1360. The third-order valence-corrected chi connectivity index (χ3v) is 7.69. The van der Waals surface area contributed by atoms with Crippen LogP contribution in [0.3, 0.4) is 0 Å². The van der Waals surface area contributed by atoms with Crippen LogP contribution in [-0.2, 0) is 48.3 Å². The van der Waals surface area contributed by atoms with E-state index in [2.05, 4.69) is 5.32 Å². The van der Waals surface area contributed by atoms with Crippen LogP contribution in [-0.4, -0.2) is 56.6 Å². The number of carbonyl (C=O) groups excluding carboxylic acids is 1. The maximum Gasteiger partial charge on any atom is 0.272 e. The molecule has 1 fully saturated rings. The molecule has 1 unspecified atom stereocenters. The van der Waals surface area contributed by atoms with Crippen molar-refractivity contribution in [2.24, 2.45) is 0 Å². The molecule has 3 aromatic rings. The third-order valence-electron chi connectivity index (χ3n) is 6.66. The van der Waals surface area contributed by atoms with Gasteiger partial charge in [-0.15, -0.1) is 0 Å². The number of halogens is 6. The number of hydrogen-bond acceptors (Lipinski definition) is 7. The maximum absolute atomic E-state index is 13.0. The number of nitrogens with one attached hydrogen (secondary N) is 2. The van der Waals surface area contributed by atoms with E-state index in [0.717, 1.165) is 16.7 Å². The molecule has 3 aromatic carbocycles. The van der Waals surface area contributed by atoms with Gasteiger partial charge in [-0.3, -0.25) is 10.2 Å². The minimum absolute atomic E-state index is 0.00559. The number of ether oxygens (including phenoxy) is 5. The van der Waals surface area contributed by atoms with E-state index >= 15 is 0 Å². The highest BCUT2D eigenvalue weighted by Gasteiger charge is 2.52. The zero-order valence-corrected chi connectivity index (χ0v) is 28.1. The predicted octanol–water partition coefficient (Wildman–Crippen LogP) is 7.32. The van der Waals surface area contributed by atoms with Crippen molar-refractivity contribution < 1.29 is 28.5 Å². The number of amides is 1. The lowest BCUT2D eigenvalue weighted by Crippen LogP contribution is -2.67. The Hall–Kier alpha value is -1.82. The molecule has 1 amide bonds. The highest BCUT2D eigenvalue weighted by Crippen LogP contribution is 2.34. The van der Waals surface area contributed by atoms with Gasteiger partial charge in [0.25, 0.3) is 13.5 Å². The first-order chi connectivity index (χ1) is 21.4. The molecule has 0 aliphatic carbocycles. The molecular formula is C31H30Cl6N2O6. The van der Waals surface area contributed by atoms with Gasteiger partial charge in [-0.1, -0.05) is 161 Å². The Labute approximate surface area is 291 Å². The van der Waals surface area contributed by atoms with Gasteiger partial charge in [0.05, 0.1) is 26.4 Å². The van der Waals surface area contributed by atoms with Crippen LogP contribution in [0.5, 0.6) is 0 Å². The van der Waals surface area contributed by atoms with Gasteiger partial charge in [-0.05, 0) is 16.7 Å². The summed E-state index contributed by atoms with van der Waals surface area (Å²) in [7, 11) is 0. The molecule has 45 heavy (non-hydrogen) atoms. The summed E-state index contributed by atoms with van der Waals surface area (Å²) in [6.07, 6.45) is -4.18. The summed E-state index contributed by atoms with van der Waals surface area (Å²) in [5, 5.41) is 10.9. The fourth-order valence-corrected chi connectivity index (χ4v) is 4.81. The second-order valence-corrected chi connectivity index (χ2v) is 14.6. The van der Waals surface area contributed by atoms with Gasteiger partial charge >= 0.3 is 0 Å². The predicted molar refractivity (Wildman–Crippen MR) is 176 cm³/mol. The minimum atomic E-state index is -2.35. The molecule has 242 valence electrons. The minimum Gasteiger partial charge on any atom is -0.446 e. The second kappa shape index (κ2) is 16.8. The van der Waals surface area contributed by atoms with Crippen LogP contribution in [0, 0.1) is 5.41 Å². The Morgan fingerprint density at radius 1 is 0.711 bits per heavy atom. The normalized spacial score (nSPS) is 22.0. The summed E-state index contributed by atoms with van der Waals surface area (Å²) in [5.74, 6) is -1.76. The molecule has 0 radical (unpaired) electrons. The maximum atomic E-state index is 13.0. The van der Waals surface area contributed by atoms with Crippen LogP contribution in [0.2, 0.25) is 0 Å². The van der Waals surface area contributed by atoms with Gasteiger partial charge in [0.2, 0.25) is 12.2 Å². The number of hydrogen-bond donors (Lipinski definition) is 2. The molecule has 1 aliphatic rings. The average Bonchev–Trinajstić information content (AvgIpc) is 3.01. The fraction of sp³-hybridized carbons (Fsp3) is 0.355. The average molecular weight is 739 g/mol. The van der Waals surface area contributed by atoms with Crippen molar-refractivity contribution >= 4 is 81.4 Å². The molecule has 2 N–H and O–H groups in total. The Morgan fingerprint density at radius 3 is 1.64 bits per heavy atom. The fourth-order valence-electron chi connectivity index (χ4n) is 4.51. The van der Waals surface area contributed by atoms with Crippen LogP contribution < -0.4 is 5.32 Å². The molecule has 1 heterocycles. The molecule has 4 rings (SSSR count). The lowest BCUT2D eigenvalue weighted by Gasteiger charge is -2.46. The quantitative estimate of drug-likeness (QED) is 0.115. The molecule has 0 bridgehead atoms. The van der Waals surface area contributed by atoms with Crippen LogP contribution in [0.1, 0.15) is 16.7 Å². The molecule has 1 saturated heterocycles. The standard InChI is InChI=1S/C31H30Cl6N2O6/c32-30(33,34)28(38)45-27-24(39-29(40)31(35,36)37)26(43-18-22-14-8-3-9-15-22)25(42-17-21-12-6-2-7-13-21)23(44-27)19-41-16-20-10-4-1-5-11-20/h1-15,23-27,38H,16-19H2,(H,39,40)/t23-,24-,25+,26-,27?/m1/s1. The lowest BCUT2D eigenvalue weighted by molar-refractivity contribution is -0.273. The van der Waals surface area contributed by atoms with Gasteiger partial charge in [-0.2, -0.15) is 0 Å². The van der Waals surface area contributed by atoms with Crippen molar-refractivity contribution in [1.82, 2.24) is 5.32 Å². The smallest absolute Gasteiger partial charge is 0.272 e. The van der Waals surface area contributed by atoms with Crippen molar-refractivity contribution in [1.29, 1.82) is 5.41 Å². The van der Waals surface area contributed by atoms with Crippen LogP contribution in [0.15, 0.2) is 91.0 Å². The topological polar surface area (TPSA) is 99.1 Å². The Kier molecular flexibility index (Phi) is 13.5. The lowest BCUT2D eigenvalue weighted by atomic mass is 9.95. The van der Waals surface area contributed by atoms with Crippen molar-refractivity contribution in [2.45, 2.75) is 58.0 Å². The molecule has 1 aliphatic heterocycles. The number of alkyl halides is 6. The van der Waals surface area contributed by atoms with Gasteiger partial charge in [0, 0.05) is 0 Å². The highest BCUT2D eigenvalue weighted by atomic mass is 35.6. The van der Waals surface area contributed by atoms with E-state index in [1.807, 2.05) is 91.0 Å². The first-order valence-electron chi connectivity index (χ1n) is 13.7. The largest absolute Gasteiger partial charge is 0.446 e. The molecule has 8 nitrogen and oxygen atoms in total. The van der Waals surface area contributed by atoms with Gasteiger partial charge in [0.15, 0.2) is 0 Å². The molecule has 5 atom stereocenters. The first kappa shape index (κ1) is 36.0. The number of carbonyl (C=O) groups is 1. The Morgan fingerprint density at radius 2 is 1.18 bits per heavy atom. The second-order valence-electron chi connectivity index (χ2n) is 10.0. The molecule has 0 saturated carbocycles. The zero-order chi connectivity index (χ0) is 32.5. The van der Waals surface area contributed by atoms with Crippen LogP contribution in [0.25, 0.3) is 0 Å². The van der Waals surface area contributed by atoms with Crippen molar-refractivity contribution in [3.8, 4) is 0 Å². The van der Waals surface area contributed by atoms with E-state index in [9.17, 15) is 4.79 Å². The van der Waals surface area contributed by atoms with Crippen molar-refractivity contribution in [2.75, 3.05) is 6.61 Å². The van der Waals surface area contributed by atoms with Gasteiger partial charge < -0.3 is 29.0 Å². The summed E-state index contributed by atoms with van der Waals surface area (Å²) in [6.45, 7) is 0.537. The zero-order valence-electron chi connectivity index (χ0n) is 23.6. The van der Waals surface area contributed by atoms with Crippen molar-refractivity contribution in [3.63, 3.8) is 0 Å². The van der Waals surface area contributed by atoms with E-state index in [-0.39, 0.29) is 26.4 Å². The number of benzene rings is 3. The third kappa shape index (κ3) is 11.1. The molecule has 14 heteroatoms. The van der Waals surface area contributed by atoms with Gasteiger partial charge in [-0.25, -0.2) is 0 Å². The molecule has 0 spiro atoms. The van der Waals surface area contributed by atoms with E-state index in [1.165, 1.54) is 0 Å². The Balaban J connectivity index is 1.70. The highest BCUT2D eigenvalue weighted by molar-refractivity contribution is 6.76. The van der Waals surface area contributed by atoms with Gasteiger partial charge in [0.1, 0.15) is 24.4 Å². The van der Waals surface area contributed by atoms with E-state index in [0.29, 0.717) is 0 Å².